The summed E-state index contributed by atoms with van der Waals surface area (Å²) < 4.78 is 11.1. The largest absolute Gasteiger partial charge is 0.468 e. The van der Waals surface area contributed by atoms with Crippen molar-refractivity contribution >= 4 is 42.0 Å². The number of methoxy groups -OCH3 is 1. The molecule has 3 aliphatic heterocycles. The highest BCUT2D eigenvalue weighted by molar-refractivity contribution is 6.17. The van der Waals surface area contributed by atoms with Crippen LogP contribution in [0.15, 0.2) is 46.5 Å². The van der Waals surface area contributed by atoms with Crippen LogP contribution in [0.3, 0.4) is 0 Å². The van der Waals surface area contributed by atoms with E-state index in [1.54, 1.807) is 6.92 Å². The fourth-order valence-corrected chi connectivity index (χ4v) is 10.8. The average Bonchev–Trinajstić information content (AvgIpc) is 3.98. The lowest BCUT2D eigenvalue weighted by molar-refractivity contribution is -0.147. The number of ketones is 1. The first-order valence-corrected chi connectivity index (χ1v) is 24.6. The van der Waals surface area contributed by atoms with Gasteiger partial charge in [0, 0.05) is 57.3 Å². The number of esters is 2. The first kappa shape index (κ1) is 49.6. The zero-order valence-electron chi connectivity index (χ0n) is 41.3. The van der Waals surface area contributed by atoms with Crippen molar-refractivity contribution in [2.45, 2.75) is 158 Å². The lowest BCUT2D eigenvalue weighted by atomic mass is 9.83. The van der Waals surface area contributed by atoms with Crippen LogP contribution in [0.2, 0.25) is 0 Å². The van der Waals surface area contributed by atoms with Gasteiger partial charge in [0.05, 0.1) is 24.1 Å². The van der Waals surface area contributed by atoms with Crippen LogP contribution in [0.25, 0.3) is 24.3 Å². The second-order valence-electron chi connectivity index (χ2n) is 20.3. The topological polar surface area (TPSA) is 146 Å². The number of carbonyl (C=O) groups is 3. The number of ether oxygens (including phenoxy) is 2. The lowest BCUT2D eigenvalue weighted by Gasteiger charge is -2.25. The molecule has 5 N–H and O–H groups in total. The van der Waals surface area contributed by atoms with Crippen LogP contribution in [0.1, 0.15) is 160 Å². The number of H-pyrrole nitrogens is 2. The van der Waals surface area contributed by atoms with E-state index in [0.29, 0.717) is 35.0 Å². The van der Waals surface area contributed by atoms with Gasteiger partial charge in [-0.25, -0.2) is 0 Å². The third-order valence-corrected chi connectivity index (χ3v) is 15.0. The second kappa shape index (κ2) is 21.2. The molecule has 354 valence electrons. The van der Waals surface area contributed by atoms with Crippen molar-refractivity contribution in [3.63, 3.8) is 0 Å². The molecule has 2 aromatic rings. The number of aromatic amines is 2. The van der Waals surface area contributed by atoms with E-state index in [4.69, 9.17) is 9.47 Å². The molecule has 2 aromatic heterocycles. The number of carbonyl (C=O) groups excluding carboxylic acids is 3. The molecule has 7 atom stereocenters. The summed E-state index contributed by atoms with van der Waals surface area (Å²) in [6.07, 6.45) is 22.6. The van der Waals surface area contributed by atoms with Gasteiger partial charge in [-0.3, -0.25) is 14.4 Å². The fourth-order valence-electron chi connectivity index (χ4n) is 10.8. The van der Waals surface area contributed by atoms with Crippen molar-refractivity contribution in [3.8, 4) is 0 Å². The molecule has 6 rings (SSSR count). The molecule has 1 fully saturated rings. The van der Waals surface area contributed by atoms with Gasteiger partial charge < -0.3 is 35.2 Å². The van der Waals surface area contributed by atoms with Crippen molar-refractivity contribution in [1.82, 2.24) is 20.6 Å². The van der Waals surface area contributed by atoms with Crippen LogP contribution in [0.4, 0.5) is 0 Å². The number of fused-ring (bicyclic) bond motifs is 7. The van der Waals surface area contributed by atoms with E-state index in [0.717, 1.165) is 75.4 Å². The molecule has 1 saturated heterocycles. The number of aromatic nitrogens is 2. The molecule has 10 heteroatoms. The minimum Gasteiger partial charge on any atom is -0.468 e. The van der Waals surface area contributed by atoms with E-state index in [1.165, 1.54) is 57.6 Å². The molecule has 1 unspecified atom stereocenters. The molecule has 0 spiro atoms. The highest BCUT2D eigenvalue weighted by Gasteiger charge is 2.56. The lowest BCUT2D eigenvalue weighted by Crippen LogP contribution is -2.37. The Morgan fingerprint density at radius 1 is 0.938 bits per heavy atom. The molecular formula is C55H78N4O6. The maximum atomic E-state index is 14.5. The Kier molecular flexibility index (Phi) is 16.2. The van der Waals surface area contributed by atoms with Crippen LogP contribution in [0.5, 0.6) is 0 Å². The highest BCUT2D eigenvalue weighted by atomic mass is 16.5. The van der Waals surface area contributed by atoms with Gasteiger partial charge in [0.25, 0.3) is 0 Å². The van der Waals surface area contributed by atoms with E-state index < -0.39 is 23.3 Å². The molecule has 10 nitrogen and oxygen atoms in total. The maximum Gasteiger partial charge on any atom is 0.321 e. The van der Waals surface area contributed by atoms with E-state index in [9.17, 15) is 19.5 Å². The Labute approximate surface area is 388 Å². The molecule has 0 radical (unpaired) electrons. The van der Waals surface area contributed by atoms with Crippen molar-refractivity contribution in [1.29, 1.82) is 0 Å². The Morgan fingerprint density at radius 2 is 1.62 bits per heavy atom. The first-order chi connectivity index (χ1) is 30.9. The quantitative estimate of drug-likeness (QED) is 0.0503. The Bertz CT molecular complexity index is 2380. The van der Waals surface area contributed by atoms with Crippen molar-refractivity contribution in [2.24, 2.45) is 35.5 Å². The highest BCUT2D eigenvalue weighted by Crippen LogP contribution is 2.50. The Morgan fingerprint density at radius 3 is 2.26 bits per heavy atom. The molecule has 4 aliphatic rings. The smallest absolute Gasteiger partial charge is 0.321 e. The molecule has 65 heavy (non-hydrogen) atoms. The molecular weight excluding hydrogens is 813 g/mol. The predicted octanol–water partition coefficient (Wildman–Crippen LogP) is 9.30. The van der Waals surface area contributed by atoms with E-state index in [1.807, 2.05) is 18.2 Å². The SMILES string of the molecule is C=Cc1c(C)/c2[nH]/c1=C\c1[nH]c(c(CC)c1C)/C=C1\NC3=C(C(=O)[C@H](C(=O)OC)/C3=C3/NC(\C=2)[C@@H](C)[C@@H]3CCC(=O)OC/C=C(\C)CCC[C@H](C)CCC[C@H](C)CCCC(C)C)[C@]1(C)O. The minimum atomic E-state index is -1.73. The molecule has 0 saturated carbocycles. The Hall–Kier alpha value is -4.83. The van der Waals surface area contributed by atoms with Crippen LogP contribution >= 0.6 is 0 Å². The van der Waals surface area contributed by atoms with Crippen LogP contribution in [-0.4, -0.2) is 58.2 Å². The van der Waals surface area contributed by atoms with Gasteiger partial charge in [0.2, 0.25) is 0 Å². The zero-order valence-corrected chi connectivity index (χ0v) is 41.3. The molecule has 0 amide bonds. The average molecular weight is 891 g/mol. The Balaban J connectivity index is 1.22. The van der Waals surface area contributed by atoms with Gasteiger partial charge in [-0.15, -0.1) is 0 Å². The van der Waals surface area contributed by atoms with Crippen LogP contribution in [0, 0.1) is 49.4 Å². The maximum absolute atomic E-state index is 14.5. The number of rotatable bonds is 20. The van der Waals surface area contributed by atoms with E-state index >= 15 is 0 Å². The summed E-state index contributed by atoms with van der Waals surface area (Å²) >= 11 is 0. The van der Waals surface area contributed by atoms with Crippen LogP contribution in [-0.2, 0) is 30.3 Å². The minimum absolute atomic E-state index is 0.0687. The van der Waals surface area contributed by atoms with E-state index in [-0.39, 0.29) is 42.4 Å². The van der Waals surface area contributed by atoms with Gasteiger partial charge >= 0.3 is 11.9 Å². The summed E-state index contributed by atoms with van der Waals surface area (Å²) in [4.78, 5) is 48.8. The fraction of sp³-hybridized carbons (Fsp3) is 0.582. The summed E-state index contributed by atoms with van der Waals surface area (Å²) in [6, 6.07) is -0.244. The zero-order chi connectivity index (χ0) is 47.3. The number of allylic oxidation sites excluding steroid dienone is 3. The predicted molar refractivity (Wildman–Crippen MR) is 262 cm³/mol. The van der Waals surface area contributed by atoms with Gasteiger partial charge in [0.15, 0.2) is 5.78 Å². The normalized spacial score (nSPS) is 26.4. The molecule has 8 bridgehead atoms. The third-order valence-electron chi connectivity index (χ3n) is 15.0. The molecule has 0 aromatic carbocycles. The summed E-state index contributed by atoms with van der Waals surface area (Å²) in [6.45, 7) is 25.9. The summed E-state index contributed by atoms with van der Waals surface area (Å²) in [7, 11) is 1.28. The van der Waals surface area contributed by atoms with Crippen molar-refractivity contribution in [3.05, 3.63) is 90.8 Å². The summed E-state index contributed by atoms with van der Waals surface area (Å²) in [5, 5.41) is 21.3. The standard InChI is InChI=1S/C55H78N4O6/c1-13-38-35(8)41-28-43-37(10)40(24-25-47(60)65-27-26-34(7)23-17-22-33(6)21-16-20-32(5)19-15-18-31(3)4)51(58-43)48-49(54(62)64-12)53(61)50-52(48)59-46(55(50,11)63)30-45-39(14-2)36(9)42(57-45)29-44(38)56-41/h13,26,28-33,37,40,43,49,56-59,63H,1,14-25,27H2,2-12H3/b34-26+,41-28-,44-29-,46-30-,51-48-/t32-,33-,37+,40+,43?,49-,55-/m1/s1. The van der Waals surface area contributed by atoms with Gasteiger partial charge in [-0.05, 0) is 118 Å². The van der Waals surface area contributed by atoms with E-state index in [2.05, 4.69) is 102 Å². The van der Waals surface area contributed by atoms with Gasteiger partial charge in [-0.1, -0.05) is 105 Å². The molecule has 1 aliphatic carbocycles. The first-order valence-electron chi connectivity index (χ1n) is 24.6. The number of hydrogen-bond donors (Lipinski definition) is 5. The summed E-state index contributed by atoms with van der Waals surface area (Å²) in [5.41, 5.74) is 7.56. The number of aliphatic hydroxyl groups is 1. The van der Waals surface area contributed by atoms with Gasteiger partial charge in [-0.2, -0.15) is 0 Å². The second-order valence-corrected chi connectivity index (χ2v) is 20.3. The van der Waals surface area contributed by atoms with Gasteiger partial charge in [0.1, 0.15) is 18.1 Å². The summed E-state index contributed by atoms with van der Waals surface area (Å²) in [5.74, 6) is -0.813. The third kappa shape index (κ3) is 10.7. The van der Waals surface area contributed by atoms with Crippen LogP contribution < -0.4 is 21.3 Å². The molecule has 5 heterocycles. The van der Waals surface area contributed by atoms with Crippen molar-refractivity contribution in [2.75, 3.05) is 13.7 Å². The number of Topliss-reactive ketones (excluding diaryl/α,β-unsaturated/α-hetero) is 1. The number of nitrogens with one attached hydrogen (secondary N) is 4. The number of hydrogen-bond acceptors (Lipinski definition) is 8. The van der Waals surface area contributed by atoms with Crippen molar-refractivity contribution < 1.29 is 29.0 Å². The monoisotopic (exact) mass is 891 g/mol.